The molecule has 0 aliphatic heterocycles. The molecule has 2 heteroatoms. The van der Waals surface area contributed by atoms with Gasteiger partial charge in [-0.2, -0.15) is 0 Å². The molecule has 0 rings (SSSR count). The van der Waals surface area contributed by atoms with Crippen LogP contribution >= 0.6 is 11.6 Å². The van der Waals surface area contributed by atoms with Crippen molar-refractivity contribution < 1.29 is 4.74 Å². The van der Waals surface area contributed by atoms with Crippen molar-refractivity contribution in [2.45, 2.75) is 47.0 Å². The molecule has 1 unspecified atom stereocenters. The molecule has 0 aliphatic rings. The van der Waals surface area contributed by atoms with Crippen LogP contribution in [0, 0.1) is 11.3 Å². The van der Waals surface area contributed by atoms with Gasteiger partial charge in [-0.05, 0) is 30.6 Å². The Morgan fingerprint density at radius 2 is 1.79 bits per heavy atom. The molecule has 0 aromatic heterocycles. The highest BCUT2D eigenvalue weighted by atomic mass is 35.5. The molecule has 0 fully saturated rings. The lowest BCUT2D eigenvalue weighted by atomic mass is 9.93. The smallest absolute Gasteiger partial charge is 0.0471 e. The van der Waals surface area contributed by atoms with Gasteiger partial charge < -0.3 is 4.74 Å². The van der Waals surface area contributed by atoms with E-state index in [0.717, 1.165) is 38.4 Å². The van der Waals surface area contributed by atoms with Crippen LogP contribution in [0.25, 0.3) is 0 Å². The van der Waals surface area contributed by atoms with E-state index in [9.17, 15) is 0 Å². The zero-order valence-electron chi connectivity index (χ0n) is 10.1. The maximum Gasteiger partial charge on any atom is 0.0471 e. The third-order valence-corrected chi connectivity index (χ3v) is 2.57. The van der Waals surface area contributed by atoms with E-state index in [1.807, 2.05) is 0 Å². The first-order chi connectivity index (χ1) is 6.45. The molecular weight excluding hydrogens is 196 g/mol. The van der Waals surface area contributed by atoms with Crippen molar-refractivity contribution in [2.24, 2.45) is 11.3 Å². The van der Waals surface area contributed by atoms with Crippen LogP contribution < -0.4 is 0 Å². The minimum absolute atomic E-state index is 0.391. The lowest BCUT2D eigenvalue weighted by Crippen LogP contribution is -2.11. The number of ether oxygens (including phenoxy) is 1. The van der Waals surface area contributed by atoms with Gasteiger partial charge in [-0.15, -0.1) is 11.6 Å². The van der Waals surface area contributed by atoms with Gasteiger partial charge in [0.05, 0.1) is 0 Å². The summed E-state index contributed by atoms with van der Waals surface area (Å²) < 4.78 is 5.58. The van der Waals surface area contributed by atoms with Crippen LogP contribution in [0.3, 0.4) is 0 Å². The van der Waals surface area contributed by atoms with Crippen LogP contribution in [-0.2, 0) is 4.74 Å². The summed E-state index contributed by atoms with van der Waals surface area (Å²) in [6.07, 6.45) is 3.37. The Kier molecular flexibility index (Phi) is 7.66. The van der Waals surface area contributed by atoms with Crippen molar-refractivity contribution >= 4 is 11.6 Å². The van der Waals surface area contributed by atoms with Crippen LogP contribution in [0.15, 0.2) is 0 Å². The highest BCUT2D eigenvalue weighted by molar-refractivity contribution is 6.17. The normalized spacial score (nSPS) is 14.4. The number of alkyl halides is 1. The zero-order valence-corrected chi connectivity index (χ0v) is 10.9. The molecule has 14 heavy (non-hydrogen) atoms. The summed E-state index contributed by atoms with van der Waals surface area (Å²) in [6, 6.07) is 0. The maximum atomic E-state index is 5.66. The predicted molar refractivity (Wildman–Crippen MR) is 64.0 cm³/mol. The fourth-order valence-corrected chi connectivity index (χ4v) is 1.47. The van der Waals surface area contributed by atoms with Crippen molar-refractivity contribution in [3.8, 4) is 0 Å². The molecule has 0 N–H and O–H groups in total. The van der Waals surface area contributed by atoms with E-state index in [2.05, 4.69) is 27.7 Å². The van der Waals surface area contributed by atoms with Crippen molar-refractivity contribution in [2.75, 3.05) is 19.1 Å². The third kappa shape index (κ3) is 10.3. The van der Waals surface area contributed by atoms with Crippen LogP contribution in [0.4, 0.5) is 0 Å². The van der Waals surface area contributed by atoms with E-state index in [1.54, 1.807) is 0 Å². The van der Waals surface area contributed by atoms with E-state index >= 15 is 0 Å². The lowest BCUT2D eigenvalue weighted by molar-refractivity contribution is 0.0982. The van der Waals surface area contributed by atoms with E-state index in [-0.39, 0.29) is 0 Å². The predicted octanol–water partition coefficient (Wildman–Crippen LogP) is 4.09. The van der Waals surface area contributed by atoms with Gasteiger partial charge in [0.1, 0.15) is 0 Å². The maximum absolute atomic E-state index is 5.66. The van der Waals surface area contributed by atoms with Gasteiger partial charge in [-0.25, -0.2) is 0 Å². The SMILES string of the molecule is CC(CCCl)CCOCCC(C)(C)C. The fraction of sp³-hybridized carbons (Fsp3) is 1.00. The van der Waals surface area contributed by atoms with E-state index < -0.39 is 0 Å². The summed E-state index contributed by atoms with van der Waals surface area (Å²) in [5.74, 6) is 1.46. The molecule has 0 aromatic carbocycles. The Hall–Kier alpha value is 0.250. The number of halogens is 1. The van der Waals surface area contributed by atoms with Gasteiger partial charge in [-0.1, -0.05) is 27.7 Å². The molecule has 86 valence electrons. The second-order valence-corrected chi connectivity index (χ2v) is 5.67. The highest BCUT2D eigenvalue weighted by Crippen LogP contribution is 2.18. The second kappa shape index (κ2) is 7.53. The van der Waals surface area contributed by atoms with Gasteiger partial charge in [-0.3, -0.25) is 0 Å². The average molecular weight is 221 g/mol. The standard InChI is InChI=1S/C12H25ClO/c1-11(5-8-13)6-9-14-10-7-12(2,3)4/h11H,5-10H2,1-4H3. The van der Waals surface area contributed by atoms with Gasteiger partial charge >= 0.3 is 0 Å². The average Bonchev–Trinajstić information content (AvgIpc) is 2.02. The lowest BCUT2D eigenvalue weighted by Gasteiger charge is -2.18. The van der Waals surface area contributed by atoms with Crippen molar-refractivity contribution in [1.29, 1.82) is 0 Å². The van der Waals surface area contributed by atoms with Crippen LogP contribution in [0.1, 0.15) is 47.0 Å². The molecule has 0 aromatic rings. The Morgan fingerprint density at radius 3 is 2.29 bits per heavy atom. The summed E-state index contributed by atoms with van der Waals surface area (Å²) in [5.41, 5.74) is 0.391. The second-order valence-electron chi connectivity index (χ2n) is 5.29. The first kappa shape index (κ1) is 14.2. The number of hydrogen-bond donors (Lipinski definition) is 0. The Bertz CT molecular complexity index is 129. The van der Waals surface area contributed by atoms with E-state index in [0.29, 0.717) is 11.3 Å². The highest BCUT2D eigenvalue weighted by Gasteiger charge is 2.09. The van der Waals surface area contributed by atoms with Crippen LogP contribution in [0.2, 0.25) is 0 Å². The minimum Gasteiger partial charge on any atom is -0.381 e. The van der Waals surface area contributed by atoms with Gasteiger partial charge in [0, 0.05) is 19.1 Å². The number of hydrogen-bond acceptors (Lipinski definition) is 1. The van der Waals surface area contributed by atoms with Crippen molar-refractivity contribution in [1.82, 2.24) is 0 Å². The molecule has 0 spiro atoms. The molecule has 0 saturated carbocycles. The summed E-state index contributed by atoms with van der Waals surface area (Å²) in [5, 5.41) is 0. The van der Waals surface area contributed by atoms with E-state index in [4.69, 9.17) is 16.3 Å². The molecule has 0 saturated heterocycles. The topological polar surface area (TPSA) is 9.23 Å². The monoisotopic (exact) mass is 220 g/mol. The minimum atomic E-state index is 0.391. The van der Waals surface area contributed by atoms with Gasteiger partial charge in [0.2, 0.25) is 0 Å². The molecule has 1 nitrogen and oxygen atoms in total. The summed E-state index contributed by atoms with van der Waals surface area (Å²) >= 11 is 5.66. The van der Waals surface area contributed by atoms with Crippen LogP contribution in [-0.4, -0.2) is 19.1 Å². The number of rotatable bonds is 7. The third-order valence-electron chi connectivity index (χ3n) is 2.35. The molecule has 0 bridgehead atoms. The first-order valence-corrected chi connectivity index (χ1v) is 6.13. The Morgan fingerprint density at radius 1 is 1.14 bits per heavy atom. The largest absolute Gasteiger partial charge is 0.381 e. The summed E-state index contributed by atoms with van der Waals surface area (Å²) in [7, 11) is 0. The Balaban J connectivity index is 3.21. The van der Waals surface area contributed by atoms with Crippen molar-refractivity contribution in [3.05, 3.63) is 0 Å². The molecule has 0 heterocycles. The zero-order chi connectivity index (χ0) is 11.0. The molecular formula is C12H25ClO. The van der Waals surface area contributed by atoms with Crippen LogP contribution in [0.5, 0.6) is 0 Å². The molecule has 1 atom stereocenters. The summed E-state index contributed by atoms with van der Waals surface area (Å²) in [4.78, 5) is 0. The Labute approximate surface area is 94.2 Å². The van der Waals surface area contributed by atoms with E-state index in [1.165, 1.54) is 0 Å². The molecule has 0 aliphatic carbocycles. The molecule has 0 amide bonds. The first-order valence-electron chi connectivity index (χ1n) is 5.59. The molecule has 0 radical (unpaired) electrons. The van der Waals surface area contributed by atoms with Gasteiger partial charge in [0.15, 0.2) is 0 Å². The van der Waals surface area contributed by atoms with Gasteiger partial charge in [0.25, 0.3) is 0 Å². The fourth-order valence-electron chi connectivity index (χ4n) is 1.10. The quantitative estimate of drug-likeness (QED) is 0.464. The van der Waals surface area contributed by atoms with Crippen molar-refractivity contribution in [3.63, 3.8) is 0 Å². The summed E-state index contributed by atoms with van der Waals surface area (Å²) in [6.45, 7) is 10.7.